The normalized spacial score (nSPS) is 26.8. The third kappa shape index (κ3) is 5.46. The lowest BCUT2D eigenvalue weighted by molar-refractivity contribution is -0.140. The molecule has 0 radical (unpaired) electrons. The van der Waals surface area contributed by atoms with Crippen molar-refractivity contribution in [3.05, 3.63) is 93.7 Å². The van der Waals surface area contributed by atoms with Gasteiger partial charge in [-0.1, -0.05) is 12.2 Å². The summed E-state index contributed by atoms with van der Waals surface area (Å²) in [4.78, 5) is 50.9. The number of nitrogens with one attached hydrogen (secondary N) is 2. The first-order chi connectivity index (χ1) is 22.7. The van der Waals surface area contributed by atoms with E-state index < -0.39 is 58.2 Å². The molecule has 3 amide bonds. The van der Waals surface area contributed by atoms with Crippen molar-refractivity contribution in [3.63, 3.8) is 0 Å². The lowest BCUT2D eigenvalue weighted by Crippen LogP contribution is -2.58. The lowest BCUT2D eigenvalue weighted by Gasteiger charge is -2.43. The Labute approximate surface area is 268 Å². The summed E-state index contributed by atoms with van der Waals surface area (Å²) < 4.78 is 55.7. The van der Waals surface area contributed by atoms with Crippen LogP contribution in [0.4, 0.5) is 19.0 Å². The fourth-order valence-electron chi connectivity index (χ4n) is 7.22. The van der Waals surface area contributed by atoms with Crippen molar-refractivity contribution in [1.29, 1.82) is 0 Å². The van der Waals surface area contributed by atoms with Crippen LogP contribution in [0.25, 0.3) is 6.08 Å². The first-order valence-electron chi connectivity index (χ1n) is 15.5. The molecule has 4 atom stereocenters. The van der Waals surface area contributed by atoms with Gasteiger partial charge >= 0.3 is 0 Å². The number of nitrogens with zero attached hydrogens (tertiary/aromatic N) is 3. The number of anilines is 1. The van der Waals surface area contributed by atoms with E-state index >= 15 is 8.78 Å². The van der Waals surface area contributed by atoms with Gasteiger partial charge in [-0.05, 0) is 67.1 Å². The zero-order valence-electron chi connectivity index (χ0n) is 25.5. The summed E-state index contributed by atoms with van der Waals surface area (Å²) in [5, 5.41) is 5.60. The van der Waals surface area contributed by atoms with Crippen molar-refractivity contribution in [2.45, 2.75) is 49.6 Å². The molecule has 1 spiro atoms. The molecule has 4 aliphatic rings. The maximum Gasteiger partial charge on any atom is 0.270 e. The van der Waals surface area contributed by atoms with Crippen LogP contribution in [0.5, 0.6) is 0 Å². The first-order valence-corrected chi connectivity index (χ1v) is 15.5. The number of halogens is 3. The molecule has 13 heteroatoms. The van der Waals surface area contributed by atoms with Crippen molar-refractivity contribution in [1.82, 2.24) is 20.2 Å². The Hall–Kier alpha value is -4.62. The molecular formula is C34H32F3N5O5. The van der Waals surface area contributed by atoms with Crippen molar-refractivity contribution < 1.29 is 37.0 Å². The minimum atomic E-state index is -1.33. The molecule has 3 unspecified atom stereocenters. The smallest absolute Gasteiger partial charge is 0.270 e. The minimum Gasteiger partial charge on any atom is -0.377 e. The molecule has 0 saturated carbocycles. The quantitative estimate of drug-likeness (QED) is 0.388. The van der Waals surface area contributed by atoms with E-state index in [0.717, 1.165) is 28.3 Å². The molecule has 10 nitrogen and oxygen atoms in total. The molecule has 3 aromatic rings. The number of fused-ring (bicyclic) bond motifs is 4. The molecule has 1 aromatic carbocycles. The standard InChI is InChI=1S/C34H32F3N5O5/c1-18-22(28-24(35)4-5-25(36)29(28)37)13-27-32(44)42(18)6-8-47-10-9-46-7-2-3-19-11-23-30(39-16-19)41-33(45)34(23)14-20-12-26(31(43)40-27)38-17-21(20)15-34/h2-5,11-12,16-18,22,27H,6-10,13-15H2,1H3,(H,40,43)(H,39,41,45)/b3-2+/t18?,22?,27?,34-/m0/s1. The number of hydrogen-bond acceptors (Lipinski definition) is 7. The fraction of sp³-hybridized carbons (Fsp3) is 0.382. The average molecular weight is 648 g/mol. The highest BCUT2D eigenvalue weighted by atomic mass is 19.2. The third-order valence-electron chi connectivity index (χ3n) is 9.66. The van der Waals surface area contributed by atoms with Gasteiger partial charge in [0.15, 0.2) is 11.6 Å². The topological polar surface area (TPSA) is 123 Å². The molecule has 244 valence electrons. The SMILES string of the molecule is CC1C(c2c(F)ccc(F)c2F)CC2NC(=O)c3cc4c(cn3)C[C@]3(C4)C(=O)Nc4ncc(cc43)/C=C/COCCOCCN1C2=O. The van der Waals surface area contributed by atoms with Crippen LogP contribution in [0.2, 0.25) is 0 Å². The van der Waals surface area contributed by atoms with Crippen molar-refractivity contribution in [2.75, 3.05) is 38.3 Å². The second-order valence-corrected chi connectivity index (χ2v) is 12.4. The molecule has 5 heterocycles. The summed E-state index contributed by atoms with van der Waals surface area (Å²) in [5.41, 5.74) is 1.76. The van der Waals surface area contributed by atoms with Crippen LogP contribution in [0.3, 0.4) is 0 Å². The molecule has 1 fully saturated rings. The summed E-state index contributed by atoms with van der Waals surface area (Å²) in [5.74, 6) is -5.27. The van der Waals surface area contributed by atoms with Gasteiger partial charge in [-0.3, -0.25) is 19.4 Å². The molecular weight excluding hydrogens is 615 g/mol. The number of hydrogen-bond donors (Lipinski definition) is 2. The van der Waals surface area contributed by atoms with E-state index in [1.165, 1.54) is 4.90 Å². The van der Waals surface area contributed by atoms with Gasteiger partial charge in [0.05, 0.1) is 31.8 Å². The largest absolute Gasteiger partial charge is 0.377 e. The molecule has 2 aromatic heterocycles. The Morgan fingerprint density at radius 2 is 1.74 bits per heavy atom. The van der Waals surface area contributed by atoms with Crippen molar-refractivity contribution in [2.24, 2.45) is 0 Å². The highest BCUT2D eigenvalue weighted by Gasteiger charge is 2.51. The first kappa shape index (κ1) is 31.0. The van der Waals surface area contributed by atoms with Crippen LogP contribution < -0.4 is 10.6 Å². The van der Waals surface area contributed by atoms with E-state index in [2.05, 4.69) is 20.6 Å². The highest BCUT2D eigenvalue weighted by Crippen LogP contribution is 2.47. The summed E-state index contributed by atoms with van der Waals surface area (Å²) in [6.45, 7) is 2.59. The minimum absolute atomic E-state index is 0.0253. The number of pyridine rings is 2. The monoisotopic (exact) mass is 647 g/mol. The van der Waals surface area contributed by atoms with Gasteiger partial charge in [0.2, 0.25) is 11.8 Å². The summed E-state index contributed by atoms with van der Waals surface area (Å²) >= 11 is 0. The van der Waals surface area contributed by atoms with Gasteiger partial charge in [0, 0.05) is 42.0 Å². The van der Waals surface area contributed by atoms with Gasteiger partial charge < -0.3 is 25.0 Å². The second-order valence-electron chi connectivity index (χ2n) is 12.4. The zero-order chi connectivity index (χ0) is 32.9. The number of rotatable bonds is 1. The Morgan fingerprint density at radius 3 is 2.60 bits per heavy atom. The third-order valence-corrected chi connectivity index (χ3v) is 9.66. The van der Waals surface area contributed by atoms with Crippen LogP contribution in [0, 0.1) is 17.5 Å². The number of ether oxygens (including phenoxy) is 2. The Balaban J connectivity index is 1.22. The Bertz CT molecular complexity index is 1820. The lowest BCUT2D eigenvalue weighted by atomic mass is 9.79. The van der Waals surface area contributed by atoms with Crippen LogP contribution >= 0.6 is 0 Å². The summed E-state index contributed by atoms with van der Waals surface area (Å²) in [7, 11) is 0. The van der Waals surface area contributed by atoms with Crippen LogP contribution in [0.15, 0.2) is 42.7 Å². The van der Waals surface area contributed by atoms with Gasteiger partial charge in [-0.15, -0.1) is 0 Å². The highest BCUT2D eigenvalue weighted by molar-refractivity contribution is 6.06. The van der Waals surface area contributed by atoms with Gasteiger partial charge in [-0.2, -0.15) is 0 Å². The van der Waals surface area contributed by atoms with Crippen molar-refractivity contribution in [3.8, 4) is 0 Å². The van der Waals surface area contributed by atoms with Gasteiger partial charge in [0.1, 0.15) is 23.4 Å². The van der Waals surface area contributed by atoms with Crippen LogP contribution in [-0.2, 0) is 37.3 Å². The average Bonchev–Trinajstić information content (AvgIpc) is 3.57. The van der Waals surface area contributed by atoms with Crippen LogP contribution in [0.1, 0.15) is 57.6 Å². The van der Waals surface area contributed by atoms with E-state index in [4.69, 9.17) is 9.47 Å². The number of benzene rings is 1. The second kappa shape index (κ2) is 12.2. The molecule has 7 bridgehead atoms. The zero-order valence-corrected chi connectivity index (χ0v) is 25.5. The maximum absolute atomic E-state index is 15.0. The molecule has 7 rings (SSSR count). The molecule has 1 saturated heterocycles. The number of amides is 3. The predicted molar refractivity (Wildman–Crippen MR) is 163 cm³/mol. The number of piperidine rings is 1. The summed E-state index contributed by atoms with van der Waals surface area (Å²) in [6, 6.07) is 3.19. The van der Waals surface area contributed by atoms with E-state index in [1.807, 2.05) is 18.2 Å². The van der Waals surface area contributed by atoms with Crippen molar-refractivity contribution >= 4 is 29.6 Å². The van der Waals surface area contributed by atoms with E-state index in [1.54, 1.807) is 25.4 Å². The Morgan fingerprint density at radius 1 is 0.957 bits per heavy atom. The van der Waals surface area contributed by atoms with E-state index in [-0.39, 0.29) is 44.4 Å². The maximum atomic E-state index is 15.0. The van der Waals surface area contributed by atoms with E-state index in [9.17, 15) is 18.8 Å². The number of aromatic nitrogens is 2. The Kier molecular flexibility index (Phi) is 8.04. The van der Waals surface area contributed by atoms with E-state index in [0.29, 0.717) is 31.3 Å². The van der Waals surface area contributed by atoms with Gasteiger partial charge in [-0.25, -0.2) is 18.2 Å². The molecule has 3 aliphatic heterocycles. The summed E-state index contributed by atoms with van der Waals surface area (Å²) in [6.07, 6.45) is 7.46. The fourth-order valence-corrected chi connectivity index (χ4v) is 7.22. The molecule has 2 N–H and O–H groups in total. The number of carbonyl (C=O) groups excluding carboxylic acids is 3. The van der Waals surface area contributed by atoms with Crippen LogP contribution in [-0.4, -0.2) is 77.6 Å². The molecule has 1 aliphatic carbocycles. The predicted octanol–water partition coefficient (Wildman–Crippen LogP) is 3.45. The molecule has 47 heavy (non-hydrogen) atoms. The van der Waals surface area contributed by atoms with Gasteiger partial charge in [0.25, 0.3) is 5.91 Å². The number of carbonyl (C=O) groups is 3.